The number of piperidine rings is 1. The average molecular weight is 258 g/mol. The van der Waals surface area contributed by atoms with E-state index in [0.29, 0.717) is 13.2 Å². The van der Waals surface area contributed by atoms with Crippen molar-refractivity contribution in [3.63, 3.8) is 0 Å². The van der Waals surface area contributed by atoms with Gasteiger partial charge < -0.3 is 14.6 Å². The number of hydrogen-bond donors (Lipinski definition) is 2. The Kier molecular flexibility index (Phi) is 3.03. The van der Waals surface area contributed by atoms with Gasteiger partial charge in [-0.1, -0.05) is 0 Å². The van der Waals surface area contributed by atoms with Crippen LogP contribution < -0.4 is 5.32 Å². The Morgan fingerprint density at radius 2 is 2.44 bits per heavy atom. The van der Waals surface area contributed by atoms with Gasteiger partial charge in [-0.3, -0.25) is 5.32 Å². The van der Waals surface area contributed by atoms with Crippen molar-refractivity contribution in [1.29, 1.82) is 0 Å². The molecule has 0 radical (unpaired) electrons. The largest absolute Gasteiger partial charge is 0.536 e. The van der Waals surface area contributed by atoms with Crippen molar-refractivity contribution in [3.05, 3.63) is 0 Å². The van der Waals surface area contributed by atoms with Crippen LogP contribution in [0.5, 0.6) is 0 Å². The predicted octanol–water partition coefficient (Wildman–Crippen LogP) is -0.207. The van der Waals surface area contributed by atoms with Gasteiger partial charge in [-0.25, -0.2) is 0 Å². The Labute approximate surface area is 106 Å². The number of rotatable bonds is 2. The highest BCUT2D eigenvalue weighted by Gasteiger charge is 2.67. The van der Waals surface area contributed by atoms with Crippen molar-refractivity contribution in [2.75, 3.05) is 33.4 Å². The molecule has 0 spiro atoms. The quantitative estimate of drug-likeness (QED) is 0.668. The summed E-state index contributed by atoms with van der Waals surface area (Å²) in [4.78, 5) is 11.8. The van der Waals surface area contributed by atoms with E-state index in [0.717, 1.165) is 25.9 Å². The van der Waals surface area contributed by atoms with Crippen LogP contribution in [0.3, 0.4) is 0 Å². The number of fused-ring (bicyclic) bond motifs is 2. The Morgan fingerprint density at radius 3 is 3.00 bits per heavy atom. The third kappa shape index (κ3) is 1.52. The molecule has 2 bridgehead atoms. The number of hydrogen-bond acceptors (Lipinski definition) is 5. The molecule has 1 amide bonds. The molecule has 7 heteroatoms. The first-order chi connectivity index (χ1) is 8.70. The fourth-order valence-corrected chi connectivity index (χ4v) is 3.33. The first-order valence-corrected chi connectivity index (χ1v) is 6.46. The summed E-state index contributed by atoms with van der Waals surface area (Å²) in [5.74, 6) is 0. The lowest BCUT2D eigenvalue weighted by atomic mass is 9.95. The molecule has 18 heavy (non-hydrogen) atoms. The van der Waals surface area contributed by atoms with Crippen molar-refractivity contribution < 1.29 is 24.0 Å². The molecule has 0 saturated carbocycles. The van der Waals surface area contributed by atoms with Crippen molar-refractivity contribution in [1.82, 2.24) is 10.3 Å². The number of carboxylic acid groups (broad SMARTS) is 1. The molecule has 0 aromatic heterocycles. The van der Waals surface area contributed by atoms with Gasteiger partial charge in [0, 0.05) is 13.5 Å². The number of methoxy groups -OCH3 is 1. The van der Waals surface area contributed by atoms with Crippen LogP contribution in [-0.2, 0) is 9.47 Å². The number of ether oxygens (including phenoxy) is 2. The van der Waals surface area contributed by atoms with Crippen LogP contribution in [0, 0.1) is 0 Å². The predicted molar refractivity (Wildman–Crippen MR) is 61.4 cm³/mol. The summed E-state index contributed by atoms with van der Waals surface area (Å²) in [6.07, 6.45) is 0.425. The molecule has 4 saturated heterocycles. The van der Waals surface area contributed by atoms with Crippen LogP contribution >= 0.6 is 0 Å². The number of carbonyl (C=O) groups is 1. The summed E-state index contributed by atoms with van der Waals surface area (Å²) >= 11 is 0. The molecule has 4 atom stereocenters. The highest BCUT2D eigenvalue weighted by molar-refractivity contribution is 5.57. The van der Waals surface area contributed by atoms with Crippen LogP contribution in [0.4, 0.5) is 4.79 Å². The summed E-state index contributed by atoms with van der Waals surface area (Å²) in [6, 6.07) is 0. The Bertz CT molecular complexity index is 338. The normalized spacial score (nSPS) is 44.4. The molecule has 102 valence electrons. The van der Waals surface area contributed by atoms with Crippen LogP contribution in [-0.4, -0.2) is 72.6 Å². The van der Waals surface area contributed by atoms with Crippen molar-refractivity contribution in [2.24, 2.45) is 0 Å². The molecule has 4 rings (SSSR count). The molecule has 4 heterocycles. The smallest absolute Gasteiger partial charge is 0.434 e. The highest BCUT2D eigenvalue weighted by Crippen LogP contribution is 2.41. The molecule has 4 unspecified atom stereocenters. The number of quaternary nitrogens is 1. The summed E-state index contributed by atoms with van der Waals surface area (Å²) in [6.45, 7) is 2.90. The maximum atomic E-state index is 11.8. The van der Waals surface area contributed by atoms with E-state index in [1.807, 2.05) is 5.01 Å². The summed E-state index contributed by atoms with van der Waals surface area (Å²) in [5.41, 5.74) is 0. The fraction of sp³-hybridized carbons (Fsp3) is 0.909. The fourth-order valence-electron chi connectivity index (χ4n) is 3.33. The zero-order valence-corrected chi connectivity index (χ0v) is 10.5. The molecular weight excluding hydrogens is 238 g/mol. The van der Waals surface area contributed by atoms with Gasteiger partial charge in [0.1, 0.15) is 12.6 Å². The second-order valence-corrected chi connectivity index (χ2v) is 5.13. The second kappa shape index (κ2) is 4.43. The molecule has 2 N–H and O–H groups in total. The van der Waals surface area contributed by atoms with E-state index in [-0.39, 0.29) is 16.8 Å². The van der Waals surface area contributed by atoms with Crippen molar-refractivity contribution in [2.45, 2.75) is 31.3 Å². The number of nitrogens with zero attached hydrogens (tertiary/aromatic N) is 2. The Hall–Kier alpha value is -0.730. The minimum atomic E-state index is -0.844. The number of nitrogens with one attached hydrogen (secondary N) is 1. The summed E-state index contributed by atoms with van der Waals surface area (Å²) in [7, 11) is 1.63. The van der Waals surface area contributed by atoms with Crippen molar-refractivity contribution >= 4 is 6.09 Å². The van der Waals surface area contributed by atoms with Gasteiger partial charge in [0.25, 0.3) is 6.23 Å². The average Bonchev–Trinajstić information content (AvgIpc) is 2.39. The van der Waals surface area contributed by atoms with E-state index >= 15 is 0 Å². The molecule has 4 aliphatic rings. The van der Waals surface area contributed by atoms with Gasteiger partial charge in [0.05, 0.1) is 13.2 Å². The van der Waals surface area contributed by atoms with Crippen molar-refractivity contribution in [3.8, 4) is 0 Å². The maximum absolute atomic E-state index is 11.8. The van der Waals surface area contributed by atoms with Crippen LogP contribution in [0.25, 0.3) is 0 Å². The molecular formula is C11H20N3O4+. The first-order valence-electron chi connectivity index (χ1n) is 6.46. The van der Waals surface area contributed by atoms with E-state index in [1.165, 1.54) is 0 Å². The molecule has 4 aliphatic heterocycles. The lowest BCUT2D eigenvalue weighted by Crippen LogP contribution is -2.83. The zero-order valence-electron chi connectivity index (χ0n) is 10.5. The van der Waals surface area contributed by atoms with E-state index in [9.17, 15) is 9.90 Å². The minimum absolute atomic E-state index is 0.0725. The molecule has 0 aliphatic carbocycles. The van der Waals surface area contributed by atoms with Gasteiger partial charge >= 0.3 is 6.09 Å². The summed E-state index contributed by atoms with van der Waals surface area (Å²) in [5, 5.41) is 14.9. The van der Waals surface area contributed by atoms with E-state index in [2.05, 4.69) is 5.32 Å². The molecule has 0 aromatic carbocycles. The molecule has 4 fully saturated rings. The number of amides is 1. The SMILES string of the molecule is COC1C2CC[N+](C(=O)O)(N3CCCNC3)C1O2. The summed E-state index contributed by atoms with van der Waals surface area (Å²) < 4.78 is 11.0. The maximum Gasteiger partial charge on any atom is 0.536 e. The van der Waals surface area contributed by atoms with Gasteiger partial charge in [-0.05, 0) is 13.0 Å². The van der Waals surface area contributed by atoms with Gasteiger partial charge in [-0.2, -0.15) is 4.79 Å². The third-order valence-corrected chi connectivity index (χ3v) is 4.31. The lowest BCUT2D eigenvalue weighted by Gasteiger charge is -2.58. The lowest BCUT2D eigenvalue weighted by molar-refractivity contribution is -1.04. The van der Waals surface area contributed by atoms with E-state index in [1.54, 1.807) is 7.11 Å². The second-order valence-electron chi connectivity index (χ2n) is 5.13. The minimum Gasteiger partial charge on any atom is -0.434 e. The Morgan fingerprint density at radius 1 is 1.61 bits per heavy atom. The topological polar surface area (TPSA) is 71.0 Å². The molecule has 0 aromatic rings. The van der Waals surface area contributed by atoms with Gasteiger partial charge in [-0.15, -0.1) is 9.60 Å². The van der Waals surface area contributed by atoms with Crippen LogP contribution in [0.15, 0.2) is 0 Å². The van der Waals surface area contributed by atoms with E-state index < -0.39 is 12.3 Å². The highest BCUT2D eigenvalue weighted by atomic mass is 16.6. The zero-order chi connectivity index (χ0) is 12.8. The molecule has 7 nitrogen and oxygen atoms in total. The van der Waals surface area contributed by atoms with E-state index in [4.69, 9.17) is 9.47 Å². The standard InChI is InChI=1S/C11H19N3O4/c1-17-9-8-3-6-14(11(15)16,10(9)18-8)13-5-2-4-12-7-13/h8-10,12H,2-7H2,1H3/p+1. The van der Waals surface area contributed by atoms with Crippen LogP contribution in [0.2, 0.25) is 0 Å². The van der Waals surface area contributed by atoms with Gasteiger partial charge in [0.2, 0.25) is 0 Å². The Balaban J connectivity index is 1.88. The monoisotopic (exact) mass is 258 g/mol. The van der Waals surface area contributed by atoms with Crippen LogP contribution in [0.1, 0.15) is 12.8 Å². The van der Waals surface area contributed by atoms with Gasteiger partial charge in [0.15, 0.2) is 6.10 Å². The first kappa shape index (κ1) is 12.3. The third-order valence-electron chi connectivity index (χ3n) is 4.31.